The van der Waals surface area contributed by atoms with Gasteiger partial charge in [-0.05, 0) is 48.2 Å². The van der Waals surface area contributed by atoms with Crippen molar-refractivity contribution in [1.82, 2.24) is 15.1 Å². The summed E-state index contributed by atoms with van der Waals surface area (Å²) < 4.78 is 49.7. The number of methoxy groups -OCH3 is 1. The van der Waals surface area contributed by atoms with Gasteiger partial charge in [0, 0.05) is 44.2 Å². The fourth-order valence-electron chi connectivity index (χ4n) is 4.75. The van der Waals surface area contributed by atoms with Crippen LogP contribution in [0, 0.1) is 5.92 Å². The number of nitrogens with zero attached hydrogens (tertiary/aromatic N) is 2. The number of hydrogen-bond acceptors (Lipinski definition) is 4. The van der Waals surface area contributed by atoms with Crippen LogP contribution in [0.4, 0.5) is 18.0 Å². The first kappa shape index (κ1) is 25.8. The number of carbonyl (C=O) groups excluding carboxylic acids is 2. The number of ether oxygens (including phenoxy) is 2. The number of nitrogens with one attached hydrogen (secondary N) is 1. The molecule has 194 valence electrons. The van der Waals surface area contributed by atoms with Gasteiger partial charge in [0.25, 0.3) is 5.91 Å². The Kier molecular flexibility index (Phi) is 8.03. The van der Waals surface area contributed by atoms with Crippen LogP contribution in [0.5, 0.6) is 5.75 Å². The molecule has 0 saturated carbocycles. The van der Waals surface area contributed by atoms with Crippen molar-refractivity contribution in [3.63, 3.8) is 0 Å². The predicted octanol–water partition coefficient (Wildman–Crippen LogP) is 4.00. The number of hydrogen-bond donors (Lipinski definition) is 1. The SMILES string of the molecule is COc1cccc(C(=O)NCC2CC(c3ccc(C(F)(F)F)cc3)CN(C(=O)N3CCOCC3)C2)c1. The average Bonchev–Trinajstić information content (AvgIpc) is 2.91. The zero-order valence-corrected chi connectivity index (χ0v) is 20.1. The van der Waals surface area contributed by atoms with Crippen molar-refractivity contribution in [3.8, 4) is 5.75 Å². The lowest BCUT2D eigenvalue weighted by atomic mass is 9.84. The van der Waals surface area contributed by atoms with Crippen LogP contribution in [0.3, 0.4) is 0 Å². The van der Waals surface area contributed by atoms with Crippen LogP contribution in [0.25, 0.3) is 0 Å². The van der Waals surface area contributed by atoms with Crippen molar-refractivity contribution in [3.05, 3.63) is 65.2 Å². The van der Waals surface area contributed by atoms with E-state index in [4.69, 9.17) is 9.47 Å². The Morgan fingerprint density at radius 2 is 1.78 bits per heavy atom. The highest BCUT2D eigenvalue weighted by Gasteiger charge is 2.35. The molecule has 10 heteroatoms. The lowest BCUT2D eigenvalue weighted by Crippen LogP contribution is -2.53. The van der Waals surface area contributed by atoms with E-state index in [0.717, 1.165) is 17.7 Å². The second-order valence-electron chi connectivity index (χ2n) is 9.15. The summed E-state index contributed by atoms with van der Waals surface area (Å²) in [4.78, 5) is 29.5. The van der Waals surface area contributed by atoms with Crippen LogP contribution >= 0.6 is 0 Å². The van der Waals surface area contributed by atoms with E-state index in [1.54, 1.807) is 34.1 Å². The molecule has 2 aliphatic rings. The van der Waals surface area contributed by atoms with E-state index in [1.807, 2.05) is 0 Å². The van der Waals surface area contributed by atoms with E-state index >= 15 is 0 Å². The minimum atomic E-state index is -4.41. The third kappa shape index (κ3) is 6.29. The van der Waals surface area contributed by atoms with Crippen LogP contribution in [0.2, 0.25) is 0 Å². The summed E-state index contributed by atoms with van der Waals surface area (Å²) in [6, 6.07) is 11.9. The van der Waals surface area contributed by atoms with Gasteiger partial charge in [0.2, 0.25) is 0 Å². The Labute approximate surface area is 208 Å². The molecule has 0 radical (unpaired) electrons. The minimum Gasteiger partial charge on any atom is -0.497 e. The van der Waals surface area contributed by atoms with Crippen molar-refractivity contribution in [2.45, 2.75) is 18.5 Å². The van der Waals surface area contributed by atoms with E-state index in [1.165, 1.54) is 19.2 Å². The molecule has 0 bridgehead atoms. The Bertz CT molecular complexity index is 1060. The van der Waals surface area contributed by atoms with Gasteiger partial charge in [-0.3, -0.25) is 4.79 Å². The average molecular weight is 506 g/mol. The summed E-state index contributed by atoms with van der Waals surface area (Å²) >= 11 is 0. The highest BCUT2D eigenvalue weighted by atomic mass is 19.4. The Morgan fingerprint density at radius 1 is 1.06 bits per heavy atom. The van der Waals surface area contributed by atoms with Gasteiger partial charge in [-0.25, -0.2) is 4.79 Å². The first-order chi connectivity index (χ1) is 17.2. The number of likely N-dealkylation sites (tertiary alicyclic amines) is 1. The molecule has 2 aromatic carbocycles. The molecular weight excluding hydrogens is 475 g/mol. The molecule has 0 aliphatic carbocycles. The minimum absolute atomic E-state index is 0.0643. The molecule has 2 unspecified atom stereocenters. The van der Waals surface area contributed by atoms with Crippen molar-refractivity contribution < 1.29 is 32.2 Å². The molecule has 2 saturated heterocycles. The topological polar surface area (TPSA) is 71.1 Å². The monoisotopic (exact) mass is 505 g/mol. The van der Waals surface area contributed by atoms with Gasteiger partial charge in [0.15, 0.2) is 0 Å². The molecule has 0 aromatic heterocycles. The smallest absolute Gasteiger partial charge is 0.416 e. The zero-order valence-electron chi connectivity index (χ0n) is 20.1. The molecule has 2 atom stereocenters. The number of halogens is 3. The molecule has 1 N–H and O–H groups in total. The van der Waals surface area contributed by atoms with E-state index in [9.17, 15) is 22.8 Å². The Balaban J connectivity index is 1.48. The second-order valence-corrected chi connectivity index (χ2v) is 9.15. The van der Waals surface area contributed by atoms with Crippen molar-refractivity contribution in [2.24, 2.45) is 5.92 Å². The van der Waals surface area contributed by atoms with Crippen molar-refractivity contribution >= 4 is 11.9 Å². The zero-order chi connectivity index (χ0) is 25.7. The molecule has 3 amide bonds. The third-order valence-electron chi connectivity index (χ3n) is 6.68. The standard InChI is InChI=1S/C26H30F3N3O4/c1-35-23-4-2-3-20(14-23)24(33)30-15-18-13-21(19-5-7-22(8-6-19)26(27,28)29)17-32(16-18)25(34)31-9-11-36-12-10-31/h2-8,14,18,21H,9-13,15-17H2,1H3,(H,30,33). The molecule has 7 nitrogen and oxygen atoms in total. The summed E-state index contributed by atoms with van der Waals surface area (Å²) in [5.41, 5.74) is 0.503. The molecule has 2 fully saturated rings. The Morgan fingerprint density at radius 3 is 2.44 bits per heavy atom. The van der Waals surface area contributed by atoms with E-state index in [-0.39, 0.29) is 23.8 Å². The quantitative estimate of drug-likeness (QED) is 0.667. The van der Waals surface area contributed by atoms with Gasteiger partial charge < -0.3 is 24.6 Å². The first-order valence-electron chi connectivity index (χ1n) is 12.0. The number of carbonyl (C=O) groups is 2. The maximum atomic E-state index is 13.2. The number of benzene rings is 2. The summed E-state index contributed by atoms with van der Waals surface area (Å²) in [5, 5.41) is 2.95. The van der Waals surface area contributed by atoms with Crippen LogP contribution in [-0.2, 0) is 10.9 Å². The number of urea groups is 1. The fraction of sp³-hybridized carbons (Fsp3) is 0.462. The molecule has 2 aliphatic heterocycles. The fourth-order valence-corrected chi connectivity index (χ4v) is 4.75. The third-order valence-corrected chi connectivity index (χ3v) is 6.68. The Hall–Kier alpha value is -3.27. The second kappa shape index (κ2) is 11.2. The normalized spacial score (nSPS) is 20.7. The number of morpholine rings is 1. The molecule has 2 heterocycles. The van der Waals surface area contributed by atoms with Gasteiger partial charge in [-0.2, -0.15) is 13.2 Å². The van der Waals surface area contributed by atoms with Crippen LogP contribution in [0.1, 0.15) is 33.8 Å². The summed E-state index contributed by atoms with van der Waals surface area (Å²) in [7, 11) is 1.53. The van der Waals surface area contributed by atoms with Gasteiger partial charge >= 0.3 is 12.2 Å². The maximum Gasteiger partial charge on any atom is 0.416 e. The van der Waals surface area contributed by atoms with Gasteiger partial charge in [0.1, 0.15) is 5.75 Å². The largest absolute Gasteiger partial charge is 0.497 e. The molecular formula is C26H30F3N3O4. The van der Waals surface area contributed by atoms with Gasteiger partial charge in [0.05, 0.1) is 25.9 Å². The number of alkyl halides is 3. The highest BCUT2D eigenvalue weighted by molar-refractivity contribution is 5.94. The summed E-state index contributed by atoms with van der Waals surface area (Å²) in [6.45, 7) is 3.13. The predicted molar refractivity (Wildman–Crippen MR) is 127 cm³/mol. The number of rotatable bonds is 5. The number of amides is 3. The van der Waals surface area contributed by atoms with Crippen LogP contribution in [0.15, 0.2) is 48.5 Å². The first-order valence-corrected chi connectivity index (χ1v) is 12.0. The number of piperidine rings is 1. The maximum absolute atomic E-state index is 13.2. The van der Waals surface area contributed by atoms with Gasteiger partial charge in [-0.15, -0.1) is 0 Å². The molecule has 4 rings (SSSR count). The van der Waals surface area contributed by atoms with Crippen LogP contribution < -0.4 is 10.1 Å². The van der Waals surface area contributed by atoms with E-state index in [0.29, 0.717) is 63.7 Å². The van der Waals surface area contributed by atoms with Crippen molar-refractivity contribution in [2.75, 3.05) is 53.0 Å². The van der Waals surface area contributed by atoms with Crippen LogP contribution in [-0.4, -0.2) is 74.8 Å². The summed E-state index contributed by atoms with van der Waals surface area (Å²) in [6.07, 6.45) is -3.77. The van der Waals surface area contributed by atoms with E-state index < -0.39 is 11.7 Å². The summed E-state index contributed by atoms with van der Waals surface area (Å²) in [5.74, 6) is 0.108. The molecule has 0 spiro atoms. The van der Waals surface area contributed by atoms with Crippen molar-refractivity contribution in [1.29, 1.82) is 0 Å². The highest BCUT2D eigenvalue weighted by Crippen LogP contribution is 2.34. The van der Waals surface area contributed by atoms with E-state index in [2.05, 4.69) is 5.32 Å². The molecule has 2 aromatic rings. The lowest BCUT2D eigenvalue weighted by Gasteiger charge is -2.41. The molecule has 36 heavy (non-hydrogen) atoms. The van der Waals surface area contributed by atoms with Gasteiger partial charge in [-0.1, -0.05) is 18.2 Å². The lowest BCUT2D eigenvalue weighted by molar-refractivity contribution is -0.137.